The second kappa shape index (κ2) is 5.16. The fourth-order valence-corrected chi connectivity index (χ4v) is 2.79. The van der Waals surface area contributed by atoms with Crippen molar-refractivity contribution in [3.8, 4) is 0 Å². The Morgan fingerprint density at radius 3 is 2.57 bits per heavy atom. The van der Waals surface area contributed by atoms with E-state index in [0.29, 0.717) is 0 Å². The van der Waals surface area contributed by atoms with Gasteiger partial charge in [-0.05, 0) is 37.5 Å². The number of hydrogen-bond donors (Lipinski definition) is 1. The zero-order valence-electron chi connectivity index (χ0n) is 10.2. The molecule has 0 radical (unpaired) electrons. The molecule has 1 nitrogen and oxygen atoms in total. The molecule has 14 heavy (non-hydrogen) atoms. The first-order chi connectivity index (χ1) is 6.58. The lowest BCUT2D eigenvalue weighted by atomic mass is 9.68. The molecule has 1 aliphatic carbocycles. The summed E-state index contributed by atoms with van der Waals surface area (Å²) in [4.78, 5) is 0. The van der Waals surface area contributed by atoms with Crippen molar-refractivity contribution in [2.75, 3.05) is 0 Å². The fraction of sp³-hybridized carbons (Fsp3) is 1.00. The highest BCUT2D eigenvalue weighted by molar-refractivity contribution is 4.93. The molecule has 3 atom stereocenters. The minimum absolute atomic E-state index is 0.168. The molecule has 0 aliphatic heterocycles. The van der Waals surface area contributed by atoms with Gasteiger partial charge in [0, 0.05) is 5.54 Å². The molecule has 0 amide bonds. The van der Waals surface area contributed by atoms with Crippen LogP contribution >= 0.6 is 0 Å². The summed E-state index contributed by atoms with van der Waals surface area (Å²) in [5.41, 5.74) is 6.67. The van der Waals surface area contributed by atoms with Crippen LogP contribution < -0.4 is 5.73 Å². The summed E-state index contributed by atoms with van der Waals surface area (Å²) in [5.74, 6) is 1.62. The van der Waals surface area contributed by atoms with Crippen molar-refractivity contribution >= 4 is 0 Å². The van der Waals surface area contributed by atoms with Gasteiger partial charge in [-0.2, -0.15) is 0 Å². The SMILES string of the molecule is CCCCCC1(N)CCC(C)CC1C. The highest BCUT2D eigenvalue weighted by Crippen LogP contribution is 2.37. The van der Waals surface area contributed by atoms with Gasteiger partial charge >= 0.3 is 0 Å². The van der Waals surface area contributed by atoms with Gasteiger partial charge in [-0.1, -0.05) is 40.0 Å². The van der Waals surface area contributed by atoms with Gasteiger partial charge in [0.25, 0.3) is 0 Å². The number of rotatable bonds is 4. The lowest BCUT2D eigenvalue weighted by Crippen LogP contribution is -2.49. The van der Waals surface area contributed by atoms with E-state index in [1.54, 1.807) is 0 Å². The zero-order valence-corrected chi connectivity index (χ0v) is 10.2. The normalized spacial score (nSPS) is 38.6. The molecular weight excluding hydrogens is 170 g/mol. The molecule has 1 aliphatic rings. The molecule has 2 N–H and O–H groups in total. The van der Waals surface area contributed by atoms with Crippen LogP contribution in [0, 0.1) is 11.8 Å². The van der Waals surface area contributed by atoms with E-state index in [2.05, 4.69) is 20.8 Å². The molecule has 0 bridgehead atoms. The Morgan fingerprint density at radius 2 is 2.00 bits per heavy atom. The Hall–Kier alpha value is -0.0400. The van der Waals surface area contributed by atoms with Gasteiger partial charge < -0.3 is 5.73 Å². The summed E-state index contributed by atoms with van der Waals surface area (Å²) in [5, 5.41) is 0. The predicted molar refractivity (Wildman–Crippen MR) is 63.2 cm³/mol. The van der Waals surface area contributed by atoms with Gasteiger partial charge in [0.1, 0.15) is 0 Å². The Kier molecular flexibility index (Phi) is 4.43. The Morgan fingerprint density at radius 1 is 1.29 bits per heavy atom. The topological polar surface area (TPSA) is 26.0 Å². The molecule has 0 saturated heterocycles. The van der Waals surface area contributed by atoms with Crippen LogP contribution in [0.3, 0.4) is 0 Å². The molecule has 1 fully saturated rings. The summed E-state index contributed by atoms with van der Waals surface area (Å²) in [6, 6.07) is 0. The van der Waals surface area contributed by atoms with E-state index in [0.717, 1.165) is 11.8 Å². The van der Waals surface area contributed by atoms with E-state index in [9.17, 15) is 0 Å². The van der Waals surface area contributed by atoms with Crippen molar-refractivity contribution in [1.82, 2.24) is 0 Å². The first-order valence-electron chi connectivity index (χ1n) is 6.37. The third kappa shape index (κ3) is 2.98. The highest BCUT2D eigenvalue weighted by Gasteiger charge is 2.35. The average molecular weight is 197 g/mol. The van der Waals surface area contributed by atoms with Gasteiger partial charge in [-0.3, -0.25) is 0 Å². The first kappa shape index (κ1) is 12.0. The Labute approximate surface area is 89.5 Å². The largest absolute Gasteiger partial charge is 0.325 e. The van der Waals surface area contributed by atoms with Crippen LogP contribution in [0.2, 0.25) is 0 Å². The molecule has 0 heterocycles. The third-order valence-corrected chi connectivity index (χ3v) is 4.09. The van der Waals surface area contributed by atoms with Crippen LogP contribution in [0.1, 0.15) is 65.7 Å². The van der Waals surface area contributed by atoms with Crippen molar-refractivity contribution in [2.45, 2.75) is 71.3 Å². The summed E-state index contributed by atoms with van der Waals surface area (Å²) in [6.45, 7) is 6.97. The first-order valence-corrected chi connectivity index (χ1v) is 6.37. The minimum Gasteiger partial charge on any atom is -0.325 e. The van der Waals surface area contributed by atoms with E-state index >= 15 is 0 Å². The van der Waals surface area contributed by atoms with E-state index in [4.69, 9.17) is 5.73 Å². The molecule has 0 aromatic rings. The van der Waals surface area contributed by atoms with E-state index in [1.807, 2.05) is 0 Å². The Bertz CT molecular complexity index is 167. The summed E-state index contributed by atoms with van der Waals surface area (Å²) < 4.78 is 0. The summed E-state index contributed by atoms with van der Waals surface area (Å²) in [7, 11) is 0. The van der Waals surface area contributed by atoms with Crippen molar-refractivity contribution in [3.05, 3.63) is 0 Å². The van der Waals surface area contributed by atoms with Crippen molar-refractivity contribution in [2.24, 2.45) is 17.6 Å². The second-order valence-electron chi connectivity index (χ2n) is 5.47. The van der Waals surface area contributed by atoms with Crippen LogP contribution in [0.5, 0.6) is 0 Å². The molecule has 1 heteroatoms. The van der Waals surface area contributed by atoms with Gasteiger partial charge in [0.15, 0.2) is 0 Å². The fourth-order valence-electron chi connectivity index (χ4n) is 2.79. The van der Waals surface area contributed by atoms with Crippen molar-refractivity contribution in [3.63, 3.8) is 0 Å². The minimum atomic E-state index is 0.168. The highest BCUT2D eigenvalue weighted by atomic mass is 14.8. The van der Waals surface area contributed by atoms with E-state index in [1.165, 1.54) is 44.9 Å². The maximum atomic E-state index is 6.51. The lowest BCUT2D eigenvalue weighted by molar-refractivity contribution is 0.151. The van der Waals surface area contributed by atoms with Gasteiger partial charge in [0.2, 0.25) is 0 Å². The molecule has 84 valence electrons. The number of unbranched alkanes of at least 4 members (excludes halogenated alkanes) is 2. The van der Waals surface area contributed by atoms with Crippen LogP contribution in [0.4, 0.5) is 0 Å². The molecule has 3 unspecified atom stereocenters. The van der Waals surface area contributed by atoms with Crippen molar-refractivity contribution in [1.29, 1.82) is 0 Å². The average Bonchev–Trinajstić information content (AvgIpc) is 2.13. The molecule has 1 rings (SSSR count). The van der Waals surface area contributed by atoms with Crippen LogP contribution in [0.25, 0.3) is 0 Å². The quantitative estimate of drug-likeness (QED) is 0.683. The van der Waals surface area contributed by atoms with E-state index in [-0.39, 0.29) is 5.54 Å². The number of nitrogens with two attached hydrogens (primary N) is 1. The lowest BCUT2D eigenvalue weighted by Gasteiger charge is -2.42. The van der Waals surface area contributed by atoms with Crippen LogP contribution in [0.15, 0.2) is 0 Å². The molecule has 0 spiro atoms. The maximum absolute atomic E-state index is 6.51. The summed E-state index contributed by atoms with van der Waals surface area (Å²) in [6.07, 6.45) is 9.15. The number of hydrogen-bond acceptors (Lipinski definition) is 1. The molecule has 0 aromatic heterocycles. The smallest absolute Gasteiger partial charge is 0.0180 e. The standard InChI is InChI=1S/C13H27N/c1-4-5-6-8-13(14)9-7-11(2)10-12(13)3/h11-12H,4-10,14H2,1-3H3. The molecular formula is C13H27N. The molecule has 1 saturated carbocycles. The zero-order chi connectivity index (χ0) is 10.6. The monoisotopic (exact) mass is 197 g/mol. The maximum Gasteiger partial charge on any atom is 0.0180 e. The molecule has 0 aromatic carbocycles. The third-order valence-electron chi connectivity index (χ3n) is 4.09. The summed E-state index contributed by atoms with van der Waals surface area (Å²) >= 11 is 0. The van der Waals surface area contributed by atoms with Gasteiger partial charge in [-0.25, -0.2) is 0 Å². The predicted octanol–water partition coefficient (Wildman–Crippen LogP) is 3.72. The van der Waals surface area contributed by atoms with Gasteiger partial charge in [-0.15, -0.1) is 0 Å². The van der Waals surface area contributed by atoms with Crippen LogP contribution in [-0.4, -0.2) is 5.54 Å². The second-order valence-corrected chi connectivity index (χ2v) is 5.47. The Balaban J connectivity index is 2.38. The van der Waals surface area contributed by atoms with Gasteiger partial charge in [0.05, 0.1) is 0 Å². The van der Waals surface area contributed by atoms with E-state index < -0.39 is 0 Å². The van der Waals surface area contributed by atoms with Crippen molar-refractivity contribution < 1.29 is 0 Å². The van der Waals surface area contributed by atoms with Crippen LogP contribution in [-0.2, 0) is 0 Å².